The number of nitrogens with zero attached hydrogens (tertiary/aromatic N) is 3. The minimum Gasteiger partial charge on any atom is -0.467 e. The van der Waals surface area contributed by atoms with Gasteiger partial charge in [-0.1, -0.05) is 0 Å². The molecule has 0 radical (unpaired) electrons. The molecule has 2 aromatic heterocycles. The number of aromatic nitrogens is 4. The van der Waals surface area contributed by atoms with Crippen molar-refractivity contribution in [2.45, 2.75) is 24.5 Å². The summed E-state index contributed by atoms with van der Waals surface area (Å²) in [4.78, 5) is 33.3. The Balaban J connectivity index is 2.05. The lowest BCUT2D eigenvalue weighted by atomic mass is 10.1. The maximum Gasteiger partial charge on any atom is 0.337 e. The standard InChI is InChI=1S/C11H13N5O6/c1-21-10(20)6-4(17)5(18)9(22-6)16-2-13-3-7(16)14-11(12)15-8(3)19/h2,4-6,9,17-18H,1H3,(H3,12,14,15,19)/t4-,5+,6-,9+/m0/s1. The molecular weight excluding hydrogens is 298 g/mol. The number of nitrogens with two attached hydrogens (primary N) is 1. The van der Waals surface area contributed by atoms with Crippen LogP contribution < -0.4 is 11.3 Å². The highest BCUT2D eigenvalue weighted by atomic mass is 16.6. The minimum atomic E-state index is -1.49. The third kappa shape index (κ3) is 2.03. The number of anilines is 1. The van der Waals surface area contributed by atoms with E-state index in [-0.39, 0.29) is 17.1 Å². The molecule has 11 heteroatoms. The molecule has 0 amide bonds. The first kappa shape index (κ1) is 14.4. The summed E-state index contributed by atoms with van der Waals surface area (Å²) in [5.74, 6) is -0.972. The number of carbonyl (C=O) groups is 1. The van der Waals surface area contributed by atoms with Crippen molar-refractivity contribution >= 4 is 23.1 Å². The molecule has 0 bridgehead atoms. The molecule has 0 saturated carbocycles. The van der Waals surface area contributed by atoms with Gasteiger partial charge in [0.1, 0.15) is 12.2 Å². The molecule has 0 aliphatic carbocycles. The summed E-state index contributed by atoms with van der Waals surface area (Å²) in [5, 5.41) is 20.0. The molecule has 11 nitrogen and oxygen atoms in total. The fourth-order valence-corrected chi connectivity index (χ4v) is 2.33. The molecule has 1 fully saturated rings. The Hall–Kier alpha value is -2.50. The number of nitrogens with one attached hydrogen (secondary N) is 1. The predicted molar refractivity (Wildman–Crippen MR) is 70.5 cm³/mol. The van der Waals surface area contributed by atoms with Crippen LogP contribution >= 0.6 is 0 Å². The zero-order valence-electron chi connectivity index (χ0n) is 11.3. The zero-order valence-corrected chi connectivity index (χ0v) is 11.3. The quantitative estimate of drug-likeness (QED) is 0.438. The molecule has 3 heterocycles. The van der Waals surface area contributed by atoms with Gasteiger partial charge in [-0.15, -0.1) is 0 Å². The molecular formula is C11H13N5O6. The van der Waals surface area contributed by atoms with Gasteiger partial charge in [-0.2, -0.15) is 4.98 Å². The third-order valence-electron chi connectivity index (χ3n) is 3.40. The van der Waals surface area contributed by atoms with Crippen molar-refractivity contribution in [3.05, 3.63) is 16.7 Å². The second-order valence-electron chi connectivity index (χ2n) is 4.73. The molecule has 118 valence electrons. The number of aromatic amines is 1. The summed E-state index contributed by atoms with van der Waals surface area (Å²) >= 11 is 0. The minimum absolute atomic E-state index is 0.0130. The summed E-state index contributed by atoms with van der Waals surface area (Å²) in [6.45, 7) is 0. The van der Waals surface area contributed by atoms with Gasteiger partial charge in [0.15, 0.2) is 23.5 Å². The lowest BCUT2D eigenvalue weighted by molar-refractivity contribution is -0.158. The Morgan fingerprint density at radius 1 is 1.50 bits per heavy atom. The first-order valence-corrected chi connectivity index (χ1v) is 6.25. The third-order valence-corrected chi connectivity index (χ3v) is 3.40. The number of aliphatic hydroxyl groups excluding tert-OH is 2. The van der Waals surface area contributed by atoms with Crippen LogP contribution in [0.2, 0.25) is 0 Å². The molecule has 4 atom stereocenters. The molecule has 22 heavy (non-hydrogen) atoms. The van der Waals surface area contributed by atoms with Crippen LogP contribution in [0.5, 0.6) is 0 Å². The van der Waals surface area contributed by atoms with Gasteiger partial charge in [-0.05, 0) is 0 Å². The monoisotopic (exact) mass is 311 g/mol. The molecule has 0 unspecified atom stereocenters. The van der Waals surface area contributed by atoms with Crippen molar-refractivity contribution < 1.29 is 24.5 Å². The van der Waals surface area contributed by atoms with Crippen LogP contribution in [0.25, 0.3) is 11.2 Å². The van der Waals surface area contributed by atoms with E-state index in [1.165, 1.54) is 10.9 Å². The SMILES string of the molecule is COC(=O)[C@H]1O[C@@H](n2cnc3c(=O)[nH]c(N)nc32)[C@H](O)[C@@H]1O. The van der Waals surface area contributed by atoms with E-state index < -0.39 is 36.1 Å². The van der Waals surface area contributed by atoms with Crippen molar-refractivity contribution in [3.63, 3.8) is 0 Å². The van der Waals surface area contributed by atoms with Crippen molar-refractivity contribution in [2.75, 3.05) is 12.8 Å². The highest BCUT2D eigenvalue weighted by Gasteiger charge is 2.48. The van der Waals surface area contributed by atoms with Crippen LogP contribution in [-0.2, 0) is 14.3 Å². The fraction of sp³-hybridized carbons (Fsp3) is 0.455. The van der Waals surface area contributed by atoms with Gasteiger partial charge in [0, 0.05) is 0 Å². The number of hydrogen-bond acceptors (Lipinski definition) is 9. The van der Waals surface area contributed by atoms with E-state index in [4.69, 9.17) is 10.5 Å². The van der Waals surface area contributed by atoms with Gasteiger partial charge in [-0.25, -0.2) is 9.78 Å². The number of methoxy groups -OCH3 is 1. The van der Waals surface area contributed by atoms with Gasteiger partial charge >= 0.3 is 5.97 Å². The smallest absolute Gasteiger partial charge is 0.337 e. The number of ether oxygens (including phenoxy) is 2. The topological polar surface area (TPSA) is 166 Å². The average molecular weight is 311 g/mol. The molecule has 1 saturated heterocycles. The van der Waals surface area contributed by atoms with Gasteiger partial charge in [0.2, 0.25) is 5.95 Å². The van der Waals surface area contributed by atoms with Crippen LogP contribution in [0.15, 0.2) is 11.1 Å². The Morgan fingerprint density at radius 3 is 2.91 bits per heavy atom. The van der Waals surface area contributed by atoms with E-state index >= 15 is 0 Å². The average Bonchev–Trinajstić information content (AvgIpc) is 3.01. The van der Waals surface area contributed by atoms with Gasteiger partial charge in [0.25, 0.3) is 5.56 Å². The Kier molecular flexibility index (Phi) is 3.31. The van der Waals surface area contributed by atoms with Gasteiger partial charge < -0.3 is 25.4 Å². The summed E-state index contributed by atoms with van der Waals surface area (Å²) < 4.78 is 11.0. The maximum absolute atomic E-state index is 11.7. The summed E-state index contributed by atoms with van der Waals surface area (Å²) in [6.07, 6.45) is -4.26. The molecule has 0 spiro atoms. The molecule has 3 rings (SSSR count). The largest absolute Gasteiger partial charge is 0.467 e. The van der Waals surface area contributed by atoms with E-state index in [1.807, 2.05) is 0 Å². The van der Waals surface area contributed by atoms with Crippen molar-refractivity contribution in [3.8, 4) is 0 Å². The Labute approximate surface area is 122 Å². The first-order valence-electron chi connectivity index (χ1n) is 6.25. The molecule has 1 aliphatic rings. The lowest BCUT2D eigenvalue weighted by Gasteiger charge is -2.16. The van der Waals surface area contributed by atoms with E-state index in [2.05, 4.69) is 19.7 Å². The lowest BCUT2D eigenvalue weighted by Crippen LogP contribution is -2.36. The van der Waals surface area contributed by atoms with E-state index in [0.29, 0.717) is 0 Å². The normalized spacial score (nSPS) is 28.1. The second kappa shape index (κ2) is 5.05. The van der Waals surface area contributed by atoms with E-state index in [1.54, 1.807) is 0 Å². The van der Waals surface area contributed by atoms with Crippen LogP contribution in [0.3, 0.4) is 0 Å². The predicted octanol–water partition coefficient (Wildman–Crippen LogP) is -2.51. The van der Waals surface area contributed by atoms with Crippen LogP contribution in [-0.4, -0.2) is 61.1 Å². The van der Waals surface area contributed by atoms with Gasteiger partial charge in [-0.3, -0.25) is 14.3 Å². The summed E-state index contributed by atoms with van der Waals surface area (Å²) in [7, 11) is 1.13. The highest BCUT2D eigenvalue weighted by molar-refractivity contribution is 5.76. The Morgan fingerprint density at radius 2 is 2.23 bits per heavy atom. The number of hydrogen-bond donors (Lipinski definition) is 4. The zero-order chi connectivity index (χ0) is 16.0. The number of fused-ring (bicyclic) bond motifs is 1. The van der Waals surface area contributed by atoms with E-state index in [0.717, 1.165) is 7.11 Å². The molecule has 1 aliphatic heterocycles. The number of carbonyl (C=O) groups excluding carboxylic acids is 1. The van der Waals surface area contributed by atoms with Gasteiger partial charge in [0.05, 0.1) is 13.4 Å². The number of imidazole rings is 1. The van der Waals surface area contributed by atoms with Crippen molar-refractivity contribution in [2.24, 2.45) is 0 Å². The molecule has 2 aromatic rings. The second-order valence-corrected chi connectivity index (χ2v) is 4.73. The number of esters is 1. The van der Waals surface area contributed by atoms with Crippen molar-refractivity contribution in [1.82, 2.24) is 19.5 Å². The highest BCUT2D eigenvalue weighted by Crippen LogP contribution is 2.31. The molecule has 5 N–H and O–H groups in total. The number of nitrogen functional groups attached to an aromatic ring is 1. The number of aliphatic hydroxyl groups is 2. The van der Waals surface area contributed by atoms with E-state index in [9.17, 15) is 19.8 Å². The maximum atomic E-state index is 11.7. The molecule has 0 aromatic carbocycles. The van der Waals surface area contributed by atoms with Crippen LogP contribution in [0.1, 0.15) is 6.23 Å². The van der Waals surface area contributed by atoms with Crippen LogP contribution in [0.4, 0.5) is 5.95 Å². The summed E-state index contributed by atoms with van der Waals surface area (Å²) in [6, 6.07) is 0. The Bertz CT molecular complexity index is 785. The van der Waals surface area contributed by atoms with Crippen LogP contribution in [0, 0.1) is 0 Å². The van der Waals surface area contributed by atoms with Crippen molar-refractivity contribution in [1.29, 1.82) is 0 Å². The number of H-pyrrole nitrogens is 1. The number of rotatable bonds is 2. The fourth-order valence-electron chi connectivity index (χ4n) is 2.33. The first-order chi connectivity index (χ1) is 10.4. The summed E-state index contributed by atoms with van der Waals surface area (Å²) in [5.41, 5.74) is 4.96.